The molecule has 17 heavy (non-hydrogen) atoms. The third-order valence-electron chi connectivity index (χ3n) is 2.75. The number of nitrogens with zero attached hydrogens (tertiary/aromatic N) is 2. The second-order valence-corrected chi connectivity index (χ2v) is 4.48. The van der Waals surface area contributed by atoms with Gasteiger partial charge >= 0.3 is 0 Å². The van der Waals surface area contributed by atoms with Crippen molar-refractivity contribution < 1.29 is 9.59 Å². The Labute approximate surface area is 104 Å². The monoisotopic (exact) mass is 253 g/mol. The number of rotatable bonds is 2. The highest BCUT2D eigenvalue weighted by atomic mass is 35.5. The van der Waals surface area contributed by atoms with E-state index in [1.165, 1.54) is 4.90 Å². The van der Waals surface area contributed by atoms with Crippen LogP contribution in [0, 0.1) is 12.8 Å². The highest BCUT2D eigenvalue weighted by Gasteiger charge is 2.34. The standard InChI is InChI=1S/C11H12ClN3O2/c1-6-2-8(4-9(12)14-6)15-5-7(11(13)17)3-10(15)16/h2,4,7H,3,5H2,1H3,(H2,13,17). The van der Waals surface area contributed by atoms with Gasteiger partial charge < -0.3 is 10.6 Å². The Hall–Kier alpha value is -1.62. The van der Waals surface area contributed by atoms with Crippen LogP contribution >= 0.6 is 11.6 Å². The van der Waals surface area contributed by atoms with Crippen molar-refractivity contribution in [2.75, 3.05) is 11.4 Å². The van der Waals surface area contributed by atoms with Crippen LogP contribution in [0.25, 0.3) is 0 Å². The first-order valence-corrected chi connectivity index (χ1v) is 5.59. The number of anilines is 1. The van der Waals surface area contributed by atoms with Gasteiger partial charge in [-0.3, -0.25) is 9.59 Å². The fraction of sp³-hybridized carbons (Fsp3) is 0.364. The number of halogens is 1. The van der Waals surface area contributed by atoms with Crippen molar-refractivity contribution in [3.8, 4) is 0 Å². The molecular weight excluding hydrogens is 242 g/mol. The molecule has 2 amide bonds. The van der Waals surface area contributed by atoms with Gasteiger partial charge in [-0.05, 0) is 19.1 Å². The molecule has 1 atom stereocenters. The van der Waals surface area contributed by atoms with Gasteiger partial charge in [0.05, 0.1) is 5.92 Å². The molecule has 0 aliphatic carbocycles. The van der Waals surface area contributed by atoms with Crippen molar-refractivity contribution in [1.29, 1.82) is 0 Å². The predicted molar refractivity (Wildman–Crippen MR) is 63.6 cm³/mol. The predicted octanol–water partition coefficient (Wildman–Crippen LogP) is 0.882. The second-order valence-electron chi connectivity index (χ2n) is 4.10. The maximum atomic E-state index is 11.8. The summed E-state index contributed by atoms with van der Waals surface area (Å²) in [4.78, 5) is 28.4. The van der Waals surface area contributed by atoms with E-state index in [2.05, 4.69) is 4.98 Å². The number of hydrogen-bond donors (Lipinski definition) is 1. The maximum absolute atomic E-state index is 11.8. The molecule has 0 saturated carbocycles. The summed E-state index contributed by atoms with van der Waals surface area (Å²) < 4.78 is 0. The van der Waals surface area contributed by atoms with E-state index in [-0.39, 0.29) is 12.3 Å². The zero-order valence-electron chi connectivity index (χ0n) is 9.31. The lowest BCUT2D eigenvalue weighted by atomic mass is 10.1. The summed E-state index contributed by atoms with van der Waals surface area (Å²) in [7, 11) is 0. The molecule has 0 aromatic carbocycles. The molecule has 0 spiro atoms. The van der Waals surface area contributed by atoms with Crippen LogP contribution in [0.3, 0.4) is 0 Å². The number of carbonyl (C=O) groups excluding carboxylic acids is 2. The van der Waals surface area contributed by atoms with E-state index in [0.29, 0.717) is 17.4 Å². The zero-order chi connectivity index (χ0) is 12.6. The van der Waals surface area contributed by atoms with Gasteiger partial charge in [0.15, 0.2) is 0 Å². The minimum Gasteiger partial charge on any atom is -0.369 e. The molecule has 0 bridgehead atoms. The molecule has 90 valence electrons. The van der Waals surface area contributed by atoms with E-state index in [0.717, 1.165) is 5.69 Å². The normalized spacial score (nSPS) is 19.8. The molecule has 2 N–H and O–H groups in total. The van der Waals surface area contributed by atoms with Crippen LogP contribution in [-0.4, -0.2) is 23.3 Å². The van der Waals surface area contributed by atoms with Gasteiger partial charge in [-0.15, -0.1) is 0 Å². The number of pyridine rings is 1. The lowest BCUT2D eigenvalue weighted by Gasteiger charge is -2.16. The number of primary amides is 1. The lowest BCUT2D eigenvalue weighted by molar-refractivity contribution is -0.123. The molecule has 1 unspecified atom stereocenters. The van der Waals surface area contributed by atoms with Crippen LogP contribution in [0.1, 0.15) is 12.1 Å². The summed E-state index contributed by atoms with van der Waals surface area (Å²) in [6.45, 7) is 2.11. The molecule has 2 heterocycles. The molecule has 1 aromatic heterocycles. The lowest BCUT2D eigenvalue weighted by Crippen LogP contribution is -2.28. The van der Waals surface area contributed by atoms with Crippen molar-refractivity contribution in [1.82, 2.24) is 4.98 Å². The first-order valence-electron chi connectivity index (χ1n) is 5.21. The summed E-state index contributed by atoms with van der Waals surface area (Å²) in [6, 6.07) is 3.36. The maximum Gasteiger partial charge on any atom is 0.227 e. The topological polar surface area (TPSA) is 76.3 Å². The van der Waals surface area contributed by atoms with Gasteiger partial charge in [-0.2, -0.15) is 0 Å². The molecule has 0 radical (unpaired) electrons. The second kappa shape index (κ2) is 4.33. The van der Waals surface area contributed by atoms with Crippen LogP contribution in [-0.2, 0) is 9.59 Å². The first kappa shape index (κ1) is 11.9. The van der Waals surface area contributed by atoms with Gasteiger partial charge in [0.1, 0.15) is 5.15 Å². The van der Waals surface area contributed by atoms with Crippen LogP contribution in [0.5, 0.6) is 0 Å². The number of aryl methyl sites for hydroxylation is 1. The van der Waals surface area contributed by atoms with E-state index >= 15 is 0 Å². The largest absolute Gasteiger partial charge is 0.369 e. The van der Waals surface area contributed by atoms with Crippen LogP contribution in [0.4, 0.5) is 5.69 Å². The van der Waals surface area contributed by atoms with Crippen LogP contribution in [0.2, 0.25) is 5.15 Å². The third-order valence-corrected chi connectivity index (χ3v) is 2.94. The molecular formula is C11H12ClN3O2. The quantitative estimate of drug-likeness (QED) is 0.795. The summed E-state index contributed by atoms with van der Waals surface area (Å²) in [5.41, 5.74) is 6.59. The summed E-state index contributed by atoms with van der Waals surface area (Å²) in [5.74, 6) is -0.983. The summed E-state index contributed by atoms with van der Waals surface area (Å²) >= 11 is 5.83. The van der Waals surface area contributed by atoms with Gasteiger partial charge in [0.25, 0.3) is 0 Å². The van der Waals surface area contributed by atoms with Crippen molar-refractivity contribution in [3.63, 3.8) is 0 Å². The number of nitrogens with two attached hydrogens (primary N) is 1. The average Bonchev–Trinajstić information content (AvgIpc) is 2.59. The Morgan fingerprint density at radius 2 is 2.29 bits per heavy atom. The Bertz CT molecular complexity index is 469. The van der Waals surface area contributed by atoms with E-state index < -0.39 is 11.8 Å². The summed E-state index contributed by atoms with van der Waals surface area (Å²) in [6.07, 6.45) is 0.161. The Morgan fingerprint density at radius 3 is 2.82 bits per heavy atom. The minimum absolute atomic E-state index is 0.115. The molecule has 2 rings (SSSR count). The smallest absolute Gasteiger partial charge is 0.227 e. The van der Waals surface area contributed by atoms with Gasteiger partial charge in [0.2, 0.25) is 11.8 Å². The Kier molecular flexibility index (Phi) is 3.02. The molecule has 6 heteroatoms. The fourth-order valence-electron chi connectivity index (χ4n) is 1.91. The van der Waals surface area contributed by atoms with Crippen molar-refractivity contribution in [3.05, 3.63) is 23.0 Å². The molecule has 5 nitrogen and oxygen atoms in total. The zero-order valence-corrected chi connectivity index (χ0v) is 10.1. The van der Waals surface area contributed by atoms with Gasteiger partial charge in [-0.25, -0.2) is 4.98 Å². The minimum atomic E-state index is -0.447. The number of aromatic nitrogens is 1. The van der Waals surface area contributed by atoms with E-state index in [9.17, 15) is 9.59 Å². The van der Waals surface area contributed by atoms with E-state index in [1.807, 2.05) is 0 Å². The Morgan fingerprint density at radius 1 is 1.59 bits per heavy atom. The SMILES string of the molecule is Cc1cc(N2CC(C(N)=O)CC2=O)cc(Cl)n1. The van der Waals surface area contributed by atoms with Crippen molar-refractivity contribution in [2.45, 2.75) is 13.3 Å². The van der Waals surface area contributed by atoms with Crippen LogP contribution in [0.15, 0.2) is 12.1 Å². The Balaban J connectivity index is 2.28. The molecule has 1 aliphatic heterocycles. The average molecular weight is 254 g/mol. The summed E-state index contributed by atoms with van der Waals surface area (Å²) in [5, 5.41) is 0.329. The highest BCUT2D eigenvalue weighted by molar-refractivity contribution is 6.29. The number of hydrogen-bond acceptors (Lipinski definition) is 3. The molecule has 1 saturated heterocycles. The molecule has 1 aromatic rings. The van der Waals surface area contributed by atoms with E-state index in [1.54, 1.807) is 19.1 Å². The van der Waals surface area contributed by atoms with Crippen LogP contribution < -0.4 is 10.6 Å². The fourth-order valence-corrected chi connectivity index (χ4v) is 2.16. The van der Waals surface area contributed by atoms with Crippen molar-refractivity contribution >= 4 is 29.1 Å². The number of carbonyl (C=O) groups is 2. The van der Waals surface area contributed by atoms with Crippen molar-refractivity contribution in [2.24, 2.45) is 11.7 Å². The molecule has 1 fully saturated rings. The van der Waals surface area contributed by atoms with Gasteiger partial charge in [0, 0.05) is 24.3 Å². The molecule has 1 aliphatic rings. The third kappa shape index (κ3) is 2.39. The number of amides is 2. The van der Waals surface area contributed by atoms with E-state index in [4.69, 9.17) is 17.3 Å². The van der Waals surface area contributed by atoms with Gasteiger partial charge in [-0.1, -0.05) is 11.6 Å². The first-order chi connectivity index (χ1) is 7.97. The highest BCUT2D eigenvalue weighted by Crippen LogP contribution is 2.26.